The molecule has 0 saturated heterocycles. The predicted octanol–water partition coefficient (Wildman–Crippen LogP) is 2.36. The first-order chi connectivity index (χ1) is 6.75. The minimum absolute atomic E-state index is 0.0945. The molecule has 14 heavy (non-hydrogen) atoms. The Balaban J connectivity index is 2.69. The number of aliphatic hydroxyl groups is 1. The molecule has 0 saturated carbocycles. The van der Waals surface area contributed by atoms with Gasteiger partial charge in [0.2, 0.25) is 0 Å². The van der Waals surface area contributed by atoms with Gasteiger partial charge >= 0.3 is 0 Å². The first-order valence-corrected chi connectivity index (χ1v) is 5.58. The summed E-state index contributed by atoms with van der Waals surface area (Å²) in [4.78, 5) is 12.2. The lowest BCUT2D eigenvalue weighted by Crippen LogP contribution is -1.95. The van der Waals surface area contributed by atoms with Crippen molar-refractivity contribution in [3.05, 3.63) is 29.8 Å². The van der Waals surface area contributed by atoms with Crippen LogP contribution in [0.3, 0.4) is 0 Å². The van der Waals surface area contributed by atoms with Crippen LogP contribution in [0.2, 0.25) is 0 Å². The Labute approximate surface area is 88.3 Å². The van der Waals surface area contributed by atoms with Crippen molar-refractivity contribution in [3.8, 4) is 0 Å². The first kappa shape index (κ1) is 11.3. The summed E-state index contributed by atoms with van der Waals surface area (Å²) in [5, 5.41) is 8.64. The molecule has 0 aliphatic heterocycles. The van der Waals surface area contributed by atoms with Gasteiger partial charge in [0.05, 0.1) is 0 Å². The maximum Gasteiger partial charge on any atom is 0.160 e. The number of aliphatic hydroxyl groups excluding tert-OH is 1. The summed E-state index contributed by atoms with van der Waals surface area (Å²) in [5.74, 6) is 0.943. The molecule has 0 spiro atoms. The monoisotopic (exact) mass is 210 g/mol. The highest BCUT2D eigenvalue weighted by Crippen LogP contribution is 2.23. The lowest BCUT2D eigenvalue weighted by Gasteiger charge is -2.04. The molecule has 76 valence electrons. The summed E-state index contributed by atoms with van der Waals surface area (Å²) in [7, 11) is 0. The van der Waals surface area contributed by atoms with Crippen LogP contribution in [0.25, 0.3) is 0 Å². The van der Waals surface area contributed by atoms with Crippen LogP contribution in [-0.2, 0) is 0 Å². The molecule has 3 heteroatoms. The summed E-state index contributed by atoms with van der Waals surface area (Å²) < 4.78 is 0. The van der Waals surface area contributed by atoms with Crippen LogP contribution in [-0.4, -0.2) is 23.2 Å². The fourth-order valence-electron chi connectivity index (χ4n) is 1.13. The molecule has 2 nitrogen and oxygen atoms in total. The highest BCUT2D eigenvalue weighted by Gasteiger charge is 2.05. The average Bonchev–Trinajstić information content (AvgIpc) is 2.19. The Morgan fingerprint density at radius 3 is 2.79 bits per heavy atom. The standard InChI is InChI=1S/C11H14O2S/c1-9(13)10-5-2-3-6-11(10)14-8-4-7-12/h2-3,5-6,12H,4,7-8H2,1H3. The van der Waals surface area contributed by atoms with Gasteiger partial charge in [-0.2, -0.15) is 0 Å². The molecule has 1 N–H and O–H groups in total. The summed E-state index contributed by atoms with van der Waals surface area (Å²) in [6.45, 7) is 1.78. The summed E-state index contributed by atoms with van der Waals surface area (Å²) in [6, 6.07) is 7.57. The molecule has 0 amide bonds. The second-order valence-electron chi connectivity index (χ2n) is 2.98. The van der Waals surface area contributed by atoms with E-state index in [4.69, 9.17) is 5.11 Å². The summed E-state index contributed by atoms with van der Waals surface area (Å²) >= 11 is 1.62. The largest absolute Gasteiger partial charge is 0.396 e. The Morgan fingerprint density at radius 2 is 2.14 bits per heavy atom. The van der Waals surface area contributed by atoms with Crippen molar-refractivity contribution >= 4 is 17.5 Å². The van der Waals surface area contributed by atoms with Crippen LogP contribution in [0.4, 0.5) is 0 Å². The van der Waals surface area contributed by atoms with E-state index in [9.17, 15) is 4.79 Å². The molecule has 1 rings (SSSR count). The minimum Gasteiger partial charge on any atom is -0.396 e. The first-order valence-electron chi connectivity index (χ1n) is 4.59. The molecule has 0 bridgehead atoms. The molecule has 0 aliphatic rings. The molecule has 0 heterocycles. The van der Waals surface area contributed by atoms with Gasteiger partial charge in [0, 0.05) is 22.8 Å². The fraction of sp³-hybridized carbons (Fsp3) is 0.364. The topological polar surface area (TPSA) is 37.3 Å². The predicted molar refractivity (Wildman–Crippen MR) is 58.9 cm³/mol. The molecule has 0 aromatic heterocycles. The molecular weight excluding hydrogens is 196 g/mol. The lowest BCUT2D eigenvalue weighted by molar-refractivity contribution is 0.101. The maximum absolute atomic E-state index is 11.2. The van der Waals surface area contributed by atoms with Crippen molar-refractivity contribution in [3.63, 3.8) is 0 Å². The Morgan fingerprint density at radius 1 is 1.43 bits per heavy atom. The van der Waals surface area contributed by atoms with Crippen molar-refractivity contribution in [2.75, 3.05) is 12.4 Å². The number of thioether (sulfide) groups is 1. The molecule has 1 aromatic carbocycles. The van der Waals surface area contributed by atoms with Gasteiger partial charge in [0.1, 0.15) is 0 Å². The van der Waals surface area contributed by atoms with Crippen molar-refractivity contribution in [1.82, 2.24) is 0 Å². The van der Waals surface area contributed by atoms with Crippen LogP contribution in [0, 0.1) is 0 Å². The summed E-state index contributed by atoms with van der Waals surface area (Å²) in [5.41, 5.74) is 0.774. The Bertz CT molecular complexity index is 310. The number of benzene rings is 1. The average molecular weight is 210 g/mol. The SMILES string of the molecule is CC(=O)c1ccccc1SCCCO. The van der Waals surface area contributed by atoms with Gasteiger partial charge in [0.15, 0.2) is 5.78 Å². The van der Waals surface area contributed by atoms with E-state index < -0.39 is 0 Å². The van der Waals surface area contributed by atoms with E-state index in [0.717, 1.165) is 22.6 Å². The quantitative estimate of drug-likeness (QED) is 0.460. The molecule has 0 atom stereocenters. The number of ketones is 1. The van der Waals surface area contributed by atoms with Crippen molar-refractivity contribution in [2.45, 2.75) is 18.2 Å². The second kappa shape index (κ2) is 5.83. The van der Waals surface area contributed by atoms with E-state index in [1.165, 1.54) is 0 Å². The Hall–Kier alpha value is -0.800. The van der Waals surface area contributed by atoms with E-state index in [0.29, 0.717) is 0 Å². The zero-order valence-electron chi connectivity index (χ0n) is 8.19. The third-order valence-corrected chi connectivity index (χ3v) is 2.99. The minimum atomic E-state index is 0.0945. The van der Waals surface area contributed by atoms with Crippen LogP contribution in [0.5, 0.6) is 0 Å². The van der Waals surface area contributed by atoms with Gasteiger partial charge in [-0.3, -0.25) is 4.79 Å². The highest BCUT2D eigenvalue weighted by molar-refractivity contribution is 7.99. The number of carbonyl (C=O) groups excluding carboxylic acids is 1. The van der Waals surface area contributed by atoms with Gasteiger partial charge in [0.25, 0.3) is 0 Å². The molecule has 0 aliphatic carbocycles. The van der Waals surface area contributed by atoms with Crippen LogP contribution in [0.15, 0.2) is 29.2 Å². The van der Waals surface area contributed by atoms with Crippen LogP contribution < -0.4 is 0 Å². The van der Waals surface area contributed by atoms with Crippen molar-refractivity contribution in [2.24, 2.45) is 0 Å². The molecule has 0 unspecified atom stereocenters. The maximum atomic E-state index is 11.2. The number of carbonyl (C=O) groups is 1. The van der Waals surface area contributed by atoms with Crippen molar-refractivity contribution in [1.29, 1.82) is 0 Å². The lowest BCUT2D eigenvalue weighted by atomic mass is 10.1. The van der Waals surface area contributed by atoms with E-state index in [1.54, 1.807) is 18.7 Å². The molecular formula is C11H14O2S. The zero-order chi connectivity index (χ0) is 10.4. The van der Waals surface area contributed by atoms with Gasteiger partial charge < -0.3 is 5.11 Å². The second-order valence-corrected chi connectivity index (χ2v) is 4.11. The van der Waals surface area contributed by atoms with Gasteiger partial charge in [-0.15, -0.1) is 11.8 Å². The normalized spacial score (nSPS) is 10.1. The van der Waals surface area contributed by atoms with Gasteiger partial charge in [-0.05, 0) is 19.4 Å². The third-order valence-electron chi connectivity index (χ3n) is 1.83. The van der Waals surface area contributed by atoms with E-state index in [-0.39, 0.29) is 12.4 Å². The van der Waals surface area contributed by atoms with Crippen LogP contribution in [0.1, 0.15) is 23.7 Å². The van der Waals surface area contributed by atoms with Crippen LogP contribution >= 0.6 is 11.8 Å². The zero-order valence-corrected chi connectivity index (χ0v) is 9.01. The van der Waals surface area contributed by atoms with Crippen molar-refractivity contribution < 1.29 is 9.90 Å². The van der Waals surface area contributed by atoms with E-state index in [1.807, 2.05) is 24.3 Å². The third kappa shape index (κ3) is 3.16. The Kier molecular flexibility index (Phi) is 4.70. The highest BCUT2D eigenvalue weighted by atomic mass is 32.2. The number of hydrogen-bond donors (Lipinski definition) is 1. The molecule has 1 aromatic rings. The van der Waals surface area contributed by atoms with Gasteiger partial charge in [-0.25, -0.2) is 0 Å². The number of hydrogen-bond acceptors (Lipinski definition) is 3. The number of rotatable bonds is 5. The molecule has 0 radical (unpaired) electrons. The smallest absolute Gasteiger partial charge is 0.160 e. The van der Waals surface area contributed by atoms with Gasteiger partial charge in [-0.1, -0.05) is 18.2 Å². The van der Waals surface area contributed by atoms with E-state index in [2.05, 4.69) is 0 Å². The number of Topliss-reactive ketones (excluding diaryl/α,β-unsaturated/α-hetero) is 1. The molecule has 0 fully saturated rings. The summed E-state index contributed by atoms with van der Waals surface area (Å²) in [6.07, 6.45) is 0.761. The fourth-order valence-corrected chi connectivity index (χ4v) is 2.17. The van der Waals surface area contributed by atoms with E-state index >= 15 is 0 Å².